The highest BCUT2D eigenvalue weighted by Gasteiger charge is 2.34. The highest BCUT2D eigenvalue weighted by molar-refractivity contribution is 14.1. The summed E-state index contributed by atoms with van der Waals surface area (Å²) in [6.45, 7) is 1.93. The lowest BCUT2D eigenvalue weighted by Gasteiger charge is -2.28. The van der Waals surface area contributed by atoms with Gasteiger partial charge in [0.2, 0.25) is 5.95 Å². The third-order valence-corrected chi connectivity index (χ3v) is 5.96. The van der Waals surface area contributed by atoms with Crippen molar-refractivity contribution >= 4 is 51.7 Å². The Morgan fingerprint density at radius 1 is 1.23 bits per heavy atom. The van der Waals surface area contributed by atoms with Gasteiger partial charge in [-0.25, -0.2) is 4.68 Å². The van der Waals surface area contributed by atoms with Gasteiger partial charge in [0, 0.05) is 33.0 Å². The van der Waals surface area contributed by atoms with Crippen LogP contribution in [-0.4, -0.2) is 32.4 Å². The summed E-state index contributed by atoms with van der Waals surface area (Å²) < 4.78 is 2.82. The van der Waals surface area contributed by atoms with E-state index >= 15 is 0 Å². The Morgan fingerprint density at radius 3 is 2.61 bits per heavy atom. The number of aliphatic hydroxyl groups excluding tert-OH is 1. The number of hydrogen-bond acceptors (Lipinski definition) is 5. The summed E-state index contributed by atoms with van der Waals surface area (Å²) in [5.41, 5.74) is 2.84. The summed E-state index contributed by atoms with van der Waals surface area (Å²) in [5, 5.41) is 20.6. The van der Waals surface area contributed by atoms with Crippen LogP contribution in [0, 0.1) is 3.57 Å². The number of hydrogen-bond donors (Lipinski definition) is 3. The van der Waals surface area contributed by atoms with Crippen molar-refractivity contribution in [3.05, 3.63) is 79.8 Å². The first-order valence-corrected chi connectivity index (χ1v) is 11.3. The second-order valence-electron chi connectivity index (χ2n) is 7.20. The van der Waals surface area contributed by atoms with Crippen LogP contribution in [0.3, 0.4) is 0 Å². The quantitative estimate of drug-likeness (QED) is 0.397. The molecule has 0 saturated carbocycles. The fraction of sp³-hybridized carbons (Fsp3) is 0.227. The molecule has 1 unspecified atom stereocenters. The zero-order valence-electron chi connectivity index (χ0n) is 16.8. The number of carbonyl (C=O) groups is 1. The molecule has 1 aromatic heterocycles. The molecule has 2 heterocycles. The number of carbonyl (C=O) groups excluding carboxylic acids is 1. The molecule has 3 N–H and O–H groups in total. The van der Waals surface area contributed by atoms with Crippen LogP contribution in [0.2, 0.25) is 5.02 Å². The molecular weight excluding hydrogens is 529 g/mol. The number of rotatable bonds is 6. The van der Waals surface area contributed by atoms with Gasteiger partial charge in [0.05, 0.1) is 5.57 Å². The van der Waals surface area contributed by atoms with Crippen molar-refractivity contribution < 1.29 is 9.90 Å². The fourth-order valence-corrected chi connectivity index (χ4v) is 4.00. The lowest BCUT2D eigenvalue weighted by atomic mass is 9.95. The average molecular weight is 550 g/mol. The third kappa shape index (κ3) is 4.76. The number of benzene rings is 2. The molecule has 0 bridgehead atoms. The summed E-state index contributed by atoms with van der Waals surface area (Å²) >= 11 is 8.32. The number of nitrogens with one attached hydrogen (secondary N) is 2. The number of aliphatic hydroxyl groups is 1. The number of allylic oxidation sites excluding steroid dienone is 1. The Kier molecular flexibility index (Phi) is 6.59. The number of aromatic nitrogens is 3. The number of fused-ring (bicyclic) bond motifs is 1. The predicted octanol–water partition coefficient (Wildman–Crippen LogP) is 4.39. The molecule has 0 radical (unpaired) electrons. The van der Waals surface area contributed by atoms with E-state index in [1.54, 1.807) is 16.8 Å². The van der Waals surface area contributed by atoms with E-state index in [0.717, 1.165) is 9.13 Å². The second-order valence-corrected chi connectivity index (χ2v) is 8.88. The first-order chi connectivity index (χ1) is 15.0. The molecule has 7 nitrogen and oxygen atoms in total. The number of amides is 1. The summed E-state index contributed by atoms with van der Waals surface area (Å²) in [4.78, 5) is 17.9. The highest BCUT2D eigenvalue weighted by atomic mass is 127. The van der Waals surface area contributed by atoms with Crippen LogP contribution in [0.25, 0.3) is 0 Å². The van der Waals surface area contributed by atoms with Gasteiger partial charge in [-0.15, -0.1) is 0 Å². The van der Waals surface area contributed by atoms with E-state index in [1.807, 2.05) is 43.3 Å². The van der Waals surface area contributed by atoms with Crippen LogP contribution in [-0.2, 0) is 11.2 Å². The summed E-state index contributed by atoms with van der Waals surface area (Å²) in [5.74, 6) is 0.961. The zero-order valence-corrected chi connectivity index (χ0v) is 19.7. The van der Waals surface area contributed by atoms with E-state index in [4.69, 9.17) is 16.7 Å². The van der Waals surface area contributed by atoms with Gasteiger partial charge in [0.15, 0.2) is 5.82 Å². The monoisotopic (exact) mass is 549 g/mol. The molecule has 0 spiro atoms. The Bertz CT molecular complexity index is 1130. The molecule has 160 valence electrons. The van der Waals surface area contributed by atoms with Crippen molar-refractivity contribution in [1.29, 1.82) is 0 Å². The molecule has 4 rings (SSSR count). The van der Waals surface area contributed by atoms with Crippen LogP contribution in [0.1, 0.15) is 30.8 Å². The van der Waals surface area contributed by atoms with E-state index in [2.05, 4.69) is 43.3 Å². The average Bonchev–Trinajstić information content (AvgIpc) is 3.15. The molecule has 1 aliphatic rings. The van der Waals surface area contributed by atoms with Gasteiger partial charge >= 0.3 is 0 Å². The van der Waals surface area contributed by atoms with E-state index in [-0.39, 0.29) is 12.5 Å². The first-order valence-electron chi connectivity index (χ1n) is 9.82. The number of aryl methyl sites for hydroxylation is 1. The smallest absolute Gasteiger partial charge is 0.255 e. The number of halogens is 2. The molecule has 0 saturated heterocycles. The van der Waals surface area contributed by atoms with E-state index in [1.165, 1.54) is 0 Å². The minimum atomic E-state index is -0.465. The minimum Gasteiger partial charge on any atom is -0.396 e. The SMILES string of the molecule is CC1=C(C(=O)Nc2ccc(I)cc2)C(c2ccc(Cl)cc2)n2nc(CCCO)nc2N1. The number of anilines is 2. The zero-order chi connectivity index (χ0) is 22.0. The Labute approximate surface area is 198 Å². The maximum atomic E-state index is 13.4. The van der Waals surface area contributed by atoms with Crippen molar-refractivity contribution in [2.45, 2.75) is 25.8 Å². The van der Waals surface area contributed by atoms with Crippen LogP contribution < -0.4 is 10.6 Å². The maximum absolute atomic E-state index is 13.4. The Balaban J connectivity index is 1.74. The van der Waals surface area contributed by atoms with Gasteiger partial charge in [-0.3, -0.25) is 4.79 Å². The van der Waals surface area contributed by atoms with Crippen molar-refractivity contribution in [1.82, 2.24) is 14.8 Å². The van der Waals surface area contributed by atoms with Crippen LogP contribution in [0.5, 0.6) is 0 Å². The summed E-state index contributed by atoms with van der Waals surface area (Å²) in [6.07, 6.45) is 1.12. The van der Waals surface area contributed by atoms with Gasteiger partial charge in [-0.05, 0) is 77.9 Å². The third-order valence-electron chi connectivity index (χ3n) is 4.99. The molecule has 1 amide bonds. The molecule has 0 aliphatic carbocycles. The van der Waals surface area contributed by atoms with Gasteiger partial charge in [-0.1, -0.05) is 23.7 Å². The van der Waals surface area contributed by atoms with Crippen molar-refractivity contribution in [2.24, 2.45) is 0 Å². The van der Waals surface area contributed by atoms with Gasteiger partial charge < -0.3 is 15.7 Å². The van der Waals surface area contributed by atoms with Crippen LogP contribution >= 0.6 is 34.2 Å². The molecule has 9 heteroatoms. The number of nitrogens with zero attached hydrogens (tertiary/aromatic N) is 3. The molecule has 2 aromatic carbocycles. The maximum Gasteiger partial charge on any atom is 0.255 e. The van der Waals surface area contributed by atoms with Gasteiger partial charge in [0.25, 0.3) is 5.91 Å². The Hall–Kier alpha value is -2.43. The van der Waals surface area contributed by atoms with Gasteiger partial charge in [-0.2, -0.15) is 10.1 Å². The molecule has 1 aliphatic heterocycles. The van der Waals surface area contributed by atoms with Crippen molar-refractivity contribution in [3.8, 4) is 0 Å². The molecular formula is C22H21ClIN5O2. The van der Waals surface area contributed by atoms with Crippen LogP contribution in [0.4, 0.5) is 11.6 Å². The highest BCUT2D eigenvalue weighted by Crippen LogP contribution is 2.36. The standard InChI is InChI=1S/C22H21ClIN5O2/c1-13-19(21(31)26-17-10-8-16(24)9-11-17)20(14-4-6-15(23)7-5-14)29-22(25-13)27-18(28-29)3-2-12-30/h4-11,20,30H,2-3,12H2,1H3,(H,26,31)(H,25,27,28). The summed E-state index contributed by atoms with van der Waals surface area (Å²) in [6, 6.07) is 14.5. The largest absolute Gasteiger partial charge is 0.396 e. The lowest BCUT2D eigenvalue weighted by Crippen LogP contribution is -2.31. The van der Waals surface area contributed by atoms with Crippen molar-refractivity contribution in [2.75, 3.05) is 17.2 Å². The molecule has 0 fully saturated rings. The molecule has 3 aromatic rings. The lowest BCUT2D eigenvalue weighted by molar-refractivity contribution is -0.113. The first kappa shape index (κ1) is 21.8. The van der Waals surface area contributed by atoms with Crippen LogP contribution in [0.15, 0.2) is 59.8 Å². The van der Waals surface area contributed by atoms with Crippen molar-refractivity contribution in [3.63, 3.8) is 0 Å². The normalized spacial score (nSPS) is 15.4. The second kappa shape index (κ2) is 9.37. The van der Waals surface area contributed by atoms with E-state index < -0.39 is 6.04 Å². The minimum absolute atomic E-state index is 0.0683. The molecule has 1 atom stereocenters. The topological polar surface area (TPSA) is 92.1 Å². The fourth-order valence-electron chi connectivity index (χ4n) is 3.52. The van der Waals surface area contributed by atoms with E-state index in [9.17, 15) is 4.79 Å². The molecule has 31 heavy (non-hydrogen) atoms. The van der Waals surface area contributed by atoms with Gasteiger partial charge in [0.1, 0.15) is 6.04 Å². The van der Waals surface area contributed by atoms with E-state index in [0.29, 0.717) is 46.6 Å². The predicted molar refractivity (Wildman–Crippen MR) is 129 cm³/mol. The summed E-state index contributed by atoms with van der Waals surface area (Å²) in [7, 11) is 0. The Morgan fingerprint density at radius 2 is 1.94 bits per heavy atom.